The highest BCUT2D eigenvalue weighted by atomic mass is 35.5. The van der Waals surface area contributed by atoms with Crippen LogP contribution in [0.3, 0.4) is 0 Å². The molecule has 0 fully saturated rings. The average Bonchev–Trinajstić information content (AvgIpc) is 2.28. The Bertz CT molecular complexity index is 401. The number of carbonyl (C=O) groups excluding carboxylic acids is 1. The Morgan fingerprint density at radius 3 is 2.65 bits per heavy atom. The summed E-state index contributed by atoms with van der Waals surface area (Å²) in [5.74, 6) is 0.0727. The standard InChI is InChI=1S/C14H20ClNO/c1-10-5-6-11(2)13(9-10)14(17)16(4)8-7-12(3)15/h5-6,9,12H,7-8H2,1-4H3. The molecular weight excluding hydrogens is 234 g/mol. The second-order valence-corrected chi connectivity index (χ2v) is 5.36. The van der Waals surface area contributed by atoms with Gasteiger partial charge in [-0.15, -0.1) is 11.6 Å². The van der Waals surface area contributed by atoms with Crippen LogP contribution in [0.15, 0.2) is 18.2 Å². The van der Waals surface area contributed by atoms with E-state index in [-0.39, 0.29) is 11.3 Å². The highest BCUT2D eigenvalue weighted by Gasteiger charge is 2.14. The van der Waals surface area contributed by atoms with Crippen LogP contribution in [0.25, 0.3) is 0 Å². The zero-order valence-corrected chi connectivity index (χ0v) is 11.7. The summed E-state index contributed by atoms with van der Waals surface area (Å²) in [7, 11) is 1.82. The second-order valence-electron chi connectivity index (χ2n) is 4.61. The number of amides is 1. The SMILES string of the molecule is Cc1ccc(C)c(C(=O)N(C)CCC(C)Cl)c1. The Morgan fingerprint density at radius 1 is 1.41 bits per heavy atom. The van der Waals surface area contributed by atoms with E-state index in [1.165, 1.54) is 0 Å². The molecule has 0 spiro atoms. The summed E-state index contributed by atoms with van der Waals surface area (Å²) in [6, 6.07) is 5.95. The number of carbonyl (C=O) groups is 1. The Kier molecular flexibility index (Phi) is 5.01. The molecule has 0 bridgehead atoms. The number of alkyl halides is 1. The quantitative estimate of drug-likeness (QED) is 0.754. The van der Waals surface area contributed by atoms with Gasteiger partial charge in [0.15, 0.2) is 0 Å². The lowest BCUT2D eigenvalue weighted by molar-refractivity contribution is 0.0793. The van der Waals surface area contributed by atoms with E-state index in [0.717, 1.165) is 23.1 Å². The minimum Gasteiger partial charge on any atom is -0.342 e. The molecule has 0 radical (unpaired) electrons. The van der Waals surface area contributed by atoms with Crippen molar-refractivity contribution in [3.05, 3.63) is 34.9 Å². The smallest absolute Gasteiger partial charge is 0.253 e. The fourth-order valence-electron chi connectivity index (χ4n) is 1.64. The number of halogens is 1. The number of nitrogens with zero attached hydrogens (tertiary/aromatic N) is 1. The molecule has 0 aromatic heterocycles. The third kappa shape index (κ3) is 4.04. The Labute approximate surface area is 109 Å². The maximum atomic E-state index is 12.2. The predicted molar refractivity (Wildman–Crippen MR) is 72.8 cm³/mol. The molecule has 1 aromatic rings. The van der Waals surface area contributed by atoms with Crippen LogP contribution < -0.4 is 0 Å². The number of hydrogen-bond donors (Lipinski definition) is 0. The largest absolute Gasteiger partial charge is 0.342 e. The van der Waals surface area contributed by atoms with E-state index in [2.05, 4.69) is 0 Å². The summed E-state index contributed by atoms with van der Waals surface area (Å²) in [6.07, 6.45) is 0.814. The van der Waals surface area contributed by atoms with Crippen molar-refractivity contribution >= 4 is 17.5 Å². The molecule has 0 N–H and O–H groups in total. The van der Waals surface area contributed by atoms with Crippen LogP contribution in [0.4, 0.5) is 0 Å². The molecule has 1 rings (SSSR count). The van der Waals surface area contributed by atoms with E-state index in [1.807, 2.05) is 46.0 Å². The number of hydrogen-bond acceptors (Lipinski definition) is 1. The van der Waals surface area contributed by atoms with Crippen molar-refractivity contribution in [1.29, 1.82) is 0 Å². The predicted octanol–water partition coefficient (Wildman–Crippen LogP) is 3.39. The summed E-state index contributed by atoms with van der Waals surface area (Å²) >= 11 is 5.89. The Morgan fingerprint density at radius 2 is 2.06 bits per heavy atom. The van der Waals surface area contributed by atoms with Crippen LogP contribution in [0.1, 0.15) is 34.8 Å². The molecule has 3 heteroatoms. The van der Waals surface area contributed by atoms with Gasteiger partial charge in [0.05, 0.1) is 0 Å². The first-order valence-corrected chi connectivity index (χ1v) is 6.32. The molecule has 0 saturated carbocycles. The number of benzene rings is 1. The van der Waals surface area contributed by atoms with Gasteiger partial charge in [-0.1, -0.05) is 17.7 Å². The van der Waals surface area contributed by atoms with E-state index < -0.39 is 0 Å². The molecule has 1 atom stereocenters. The second kappa shape index (κ2) is 6.06. The van der Waals surface area contributed by atoms with Crippen molar-refractivity contribution < 1.29 is 4.79 Å². The minimum atomic E-state index is 0.0727. The lowest BCUT2D eigenvalue weighted by Crippen LogP contribution is -2.29. The highest BCUT2D eigenvalue weighted by Crippen LogP contribution is 2.13. The average molecular weight is 254 g/mol. The molecule has 1 aromatic carbocycles. The summed E-state index contributed by atoms with van der Waals surface area (Å²) in [5, 5.41) is 0.101. The van der Waals surface area contributed by atoms with E-state index in [9.17, 15) is 4.79 Å². The molecule has 94 valence electrons. The third-order valence-corrected chi connectivity index (χ3v) is 3.05. The summed E-state index contributed by atoms with van der Waals surface area (Å²) < 4.78 is 0. The van der Waals surface area contributed by atoms with Gasteiger partial charge < -0.3 is 4.90 Å². The van der Waals surface area contributed by atoms with Gasteiger partial charge in [0.25, 0.3) is 5.91 Å². The molecule has 2 nitrogen and oxygen atoms in total. The lowest BCUT2D eigenvalue weighted by atomic mass is 10.0. The maximum absolute atomic E-state index is 12.2. The third-order valence-electron chi connectivity index (χ3n) is 2.83. The maximum Gasteiger partial charge on any atom is 0.253 e. The summed E-state index contributed by atoms with van der Waals surface area (Å²) in [5.41, 5.74) is 2.92. The van der Waals surface area contributed by atoms with E-state index in [1.54, 1.807) is 4.90 Å². The van der Waals surface area contributed by atoms with Crippen LogP contribution in [0.2, 0.25) is 0 Å². The first-order valence-electron chi connectivity index (χ1n) is 5.88. The van der Waals surface area contributed by atoms with Gasteiger partial charge in [0.2, 0.25) is 0 Å². The number of rotatable bonds is 4. The molecule has 17 heavy (non-hydrogen) atoms. The lowest BCUT2D eigenvalue weighted by Gasteiger charge is -2.19. The monoisotopic (exact) mass is 253 g/mol. The first-order chi connectivity index (χ1) is 7.91. The topological polar surface area (TPSA) is 20.3 Å². The van der Waals surface area contributed by atoms with Gasteiger partial charge >= 0.3 is 0 Å². The van der Waals surface area contributed by atoms with Gasteiger partial charge in [-0.05, 0) is 38.8 Å². The normalized spacial score (nSPS) is 12.3. The molecule has 0 aliphatic rings. The van der Waals surface area contributed by atoms with Crippen molar-refractivity contribution in [3.8, 4) is 0 Å². The van der Waals surface area contributed by atoms with Gasteiger partial charge in [0.1, 0.15) is 0 Å². The van der Waals surface area contributed by atoms with Crippen LogP contribution in [0, 0.1) is 13.8 Å². The Balaban J connectivity index is 2.78. The molecule has 0 aliphatic carbocycles. The number of aryl methyl sites for hydroxylation is 2. The fraction of sp³-hybridized carbons (Fsp3) is 0.500. The first kappa shape index (κ1) is 14.0. The molecular formula is C14H20ClNO. The van der Waals surface area contributed by atoms with Crippen molar-refractivity contribution in [1.82, 2.24) is 4.90 Å². The molecule has 0 aliphatic heterocycles. The fourth-order valence-corrected chi connectivity index (χ4v) is 1.74. The van der Waals surface area contributed by atoms with E-state index in [4.69, 9.17) is 11.6 Å². The van der Waals surface area contributed by atoms with E-state index >= 15 is 0 Å². The van der Waals surface area contributed by atoms with Gasteiger partial charge in [-0.25, -0.2) is 0 Å². The zero-order valence-electron chi connectivity index (χ0n) is 11.0. The van der Waals surface area contributed by atoms with E-state index in [0.29, 0.717) is 6.54 Å². The van der Waals surface area contributed by atoms with Gasteiger partial charge in [-0.3, -0.25) is 4.79 Å². The van der Waals surface area contributed by atoms with Crippen LogP contribution in [-0.4, -0.2) is 29.8 Å². The zero-order chi connectivity index (χ0) is 13.0. The molecule has 0 saturated heterocycles. The van der Waals surface area contributed by atoms with Crippen molar-refractivity contribution in [2.75, 3.05) is 13.6 Å². The van der Waals surface area contributed by atoms with Crippen LogP contribution in [0.5, 0.6) is 0 Å². The van der Waals surface area contributed by atoms with Crippen molar-refractivity contribution in [3.63, 3.8) is 0 Å². The highest BCUT2D eigenvalue weighted by molar-refractivity contribution is 6.20. The summed E-state index contributed by atoms with van der Waals surface area (Å²) in [6.45, 7) is 6.59. The van der Waals surface area contributed by atoms with Crippen LogP contribution in [-0.2, 0) is 0 Å². The van der Waals surface area contributed by atoms with Gasteiger partial charge in [0, 0.05) is 24.5 Å². The Hall–Kier alpha value is -1.02. The van der Waals surface area contributed by atoms with Crippen LogP contribution >= 0.6 is 11.6 Å². The molecule has 1 unspecified atom stereocenters. The van der Waals surface area contributed by atoms with Gasteiger partial charge in [-0.2, -0.15) is 0 Å². The van der Waals surface area contributed by atoms with Crippen molar-refractivity contribution in [2.45, 2.75) is 32.6 Å². The molecule has 1 amide bonds. The van der Waals surface area contributed by atoms with Crippen molar-refractivity contribution in [2.24, 2.45) is 0 Å². The molecule has 0 heterocycles. The minimum absolute atomic E-state index is 0.0727. The summed E-state index contributed by atoms with van der Waals surface area (Å²) in [4.78, 5) is 13.9.